The monoisotopic (exact) mass is 574 g/mol. The second-order valence-corrected chi connectivity index (χ2v) is 11.3. The van der Waals surface area contributed by atoms with E-state index in [1.165, 1.54) is 43.8 Å². The lowest BCUT2D eigenvalue weighted by molar-refractivity contribution is 1.10. The van der Waals surface area contributed by atoms with E-state index in [1.54, 1.807) is 0 Å². The van der Waals surface area contributed by atoms with Gasteiger partial charge in [-0.05, 0) is 85.3 Å². The van der Waals surface area contributed by atoms with Crippen LogP contribution in [0.25, 0.3) is 84.1 Å². The van der Waals surface area contributed by atoms with Gasteiger partial charge >= 0.3 is 0 Å². The van der Waals surface area contributed by atoms with Gasteiger partial charge in [0.05, 0.1) is 11.0 Å². The van der Waals surface area contributed by atoms with Crippen molar-refractivity contribution >= 4 is 44.7 Å². The number of hydrogen-bond acceptors (Lipinski definition) is 1. The van der Waals surface area contributed by atoms with E-state index >= 15 is 0 Å². The zero-order valence-electron chi connectivity index (χ0n) is 24.8. The van der Waals surface area contributed by atoms with Gasteiger partial charge in [0.1, 0.15) is 5.82 Å². The number of rotatable bonds is 6. The van der Waals surface area contributed by atoms with Crippen LogP contribution in [-0.2, 0) is 0 Å². The maximum Gasteiger partial charge on any atom is 0.145 e. The first-order valence-electron chi connectivity index (χ1n) is 15.2. The number of nitrogens with zero attached hydrogens (tertiary/aromatic N) is 2. The molecular formula is C43H30N2. The number of hydrogen-bond donors (Lipinski definition) is 0. The Labute approximate surface area is 262 Å². The Bertz CT molecular complexity index is 2340. The minimum absolute atomic E-state index is 0.936. The van der Waals surface area contributed by atoms with E-state index in [1.807, 2.05) is 24.3 Å². The van der Waals surface area contributed by atoms with Gasteiger partial charge in [0.2, 0.25) is 0 Å². The van der Waals surface area contributed by atoms with Crippen molar-refractivity contribution in [1.82, 2.24) is 9.55 Å². The molecule has 0 aliphatic carbocycles. The first-order chi connectivity index (χ1) is 22.2. The zero-order valence-corrected chi connectivity index (χ0v) is 24.8. The van der Waals surface area contributed by atoms with Crippen LogP contribution < -0.4 is 0 Å². The van der Waals surface area contributed by atoms with Crippen molar-refractivity contribution in [3.63, 3.8) is 0 Å². The first-order valence-corrected chi connectivity index (χ1v) is 15.2. The Hall–Kier alpha value is -5.99. The molecule has 0 saturated heterocycles. The van der Waals surface area contributed by atoms with Crippen molar-refractivity contribution in [2.24, 2.45) is 0 Å². The Morgan fingerprint density at radius 1 is 0.467 bits per heavy atom. The number of imidazole rings is 1. The van der Waals surface area contributed by atoms with Crippen molar-refractivity contribution in [2.45, 2.75) is 0 Å². The van der Waals surface area contributed by atoms with Crippen molar-refractivity contribution in [2.75, 3.05) is 0 Å². The van der Waals surface area contributed by atoms with Crippen LogP contribution in [0.2, 0.25) is 0 Å². The second kappa shape index (κ2) is 10.9. The SMILES string of the molecule is C=Cc1ccc(-c2c3ccccc3c(-c3ccc(-n4c(-c5ccccc5)nc5ccccc54)cc3)c3ccccc23)cc1C=C. The molecule has 0 amide bonds. The van der Waals surface area contributed by atoms with Crippen LogP contribution in [-0.4, -0.2) is 9.55 Å². The Kier molecular flexibility index (Phi) is 6.47. The van der Waals surface area contributed by atoms with Crippen LogP contribution in [0.4, 0.5) is 0 Å². The summed E-state index contributed by atoms with van der Waals surface area (Å²) in [5.41, 5.74) is 11.2. The summed E-state index contributed by atoms with van der Waals surface area (Å²) in [5, 5.41) is 4.90. The molecule has 8 rings (SSSR count). The van der Waals surface area contributed by atoms with Gasteiger partial charge in [0.15, 0.2) is 0 Å². The zero-order chi connectivity index (χ0) is 30.3. The molecule has 0 atom stereocenters. The van der Waals surface area contributed by atoms with E-state index in [0.717, 1.165) is 39.2 Å². The molecule has 0 aliphatic heterocycles. The molecule has 0 fully saturated rings. The number of para-hydroxylation sites is 2. The Morgan fingerprint density at radius 2 is 1.00 bits per heavy atom. The van der Waals surface area contributed by atoms with Crippen molar-refractivity contribution in [1.29, 1.82) is 0 Å². The van der Waals surface area contributed by atoms with Gasteiger partial charge in [-0.25, -0.2) is 4.98 Å². The van der Waals surface area contributed by atoms with E-state index < -0.39 is 0 Å². The van der Waals surface area contributed by atoms with Crippen LogP contribution in [0, 0.1) is 0 Å². The second-order valence-electron chi connectivity index (χ2n) is 11.3. The maximum atomic E-state index is 5.03. The number of fused-ring (bicyclic) bond motifs is 3. The third kappa shape index (κ3) is 4.39. The normalized spacial score (nSPS) is 11.3. The molecule has 2 heteroatoms. The molecule has 0 bridgehead atoms. The number of benzene rings is 7. The maximum absolute atomic E-state index is 5.03. The third-order valence-electron chi connectivity index (χ3n) is 8.75. The van der Waals surface area contributed by atoms with Gasteiger partial charge < -0.3 is 0 Å². The smallest absolute Gasteiger partial charge is 0.145 e. The molecule has 7 aromatic carbocycles. The van der Waals surface area contributed by atoms with Gasteiger partial charge in [-0.3, -0.25) is 4.57 Å². The molecule has 0 radical (unpaired) electrons. The van der Waals surface area contributed by atoms with Gasteiger partial charge in [-0.2, -0.15) is 0 Å². The van der Waals surface area contributed by atoms with Crippen LogP contribution in [0.15, 0.2) is 159 Å². The summed E-state index contributed by atoms with van der Waals surface area (Å²) in [6, 6.07) is 51.8. The molecule has 1 aromatic heterocycles. The van der Waals surface area contributed by atoms with Crippen molar-refractivity contribution < 1.29 is 0 Å². The van der Waals surface area contributed by atoms with E-state index in [9.17, 15) is 0 Å². The van der Waals surface area contributed by atoms with Gasteiger partial charge in [0, 0.05) is 11.3 Å². The van der Waals surface area contributed by atoms with Crippen LogP contribution in [0.1, 0.15) is 11.1 Å². The Balaban J connectivity index is 1.34. The van der Waals surface area contributed by atoms with Gasteiger partial charge in [-0.15, -0.1) is 0 Å². The van der Waals surface area contributed by atoms with Crippen LogP contribution in [0.5, 0.6) is 0 Å². The summed E-state index contributed by atoms with van der Waals surface area (Å²) in [4.78, 5) is 5.03. The molecule has 0 aliphatic rings. The average Bonchev–Trinajstić information content (AvgIpc) is 3.50. The fraction of sp³-hybridized carbons (Fsp3) is 0. The molecule has 2 nitrogen and oxygen atoms in total. The molecular weight excluding hydrogens is 544 g/mol. The summed E-state index contributed by atoms with van der Waals surface area (Å²) in [7, 11) is 0. The van der Waals surface area contributed by atoms with Crippen molar-refractivity contribution in [3.05, 3.63) is 170 Å². The van der Waals surface area contributed by atoms with Crippen LogP contribution >= 0.6 is 0 Å². The van der Waals surface area contributed by atoms with E-state index in [2.05, 4.69) is 151 Å². The minimum Gasteiger partial charge on any atom is -0.292 e. The van der Waals surface area contributed by atoms with Gasteiger partial charge in [0.25, 0.3) is 0 Å². The van der Waals surface area contributed by atoms with Crippen LogP contribution in [0.3, 0.4) is 0 Å². The summed E-state index contributed by atoms with van der Waals surface area (Å²) in [6.07, 6.45) is 3.80. The highest BCUT2D eigenvalue weighted by Crippen LogP contribution is 2.44. The standard InChI is InChI=1S/C43H30N2/c1-3-29-22-23-33(28-30(29)4-2)42-37-18-10-8-16-35(37)41(36-17-9-11-19-38(36)42)31-24-26-34(27-25-31)45-40-21-13-12-20-39(40)44-43(45)32-14-6-5-7-15-32/h3-28H,1-2H2. The summed E-state index contributed by atoms with van der Waals surface area (Å²) in [6.45, 7) is 8.06. The lowest BCUT2D eigenvalue weighted by Gasteiger charge is -2.18. The third-order valence-corrected chi connectivity index (χ3v) is 8.75. The van der Waals surface area contributed by atoms with E-state index in [-0.39, 0.29) is 0 Å². The minimum atomic E-state index is 0.936. The van der Waals surface area contributed by atoms with Gasteiger partial charge in [-0.1, -0.05) is 141 Å². The fourth-order valence-corrected chi connectivity index (χ4v) is 6.69. The lowest BCUT2D eigenvalue weighted by Crippen LogP contribution is -1.98. The average molecular weight is 575 g/mol. The first kappa shape index (κ1) is 26.6. The summed E-state index contributed by atoms with van der Waals surface area (Å²) >= 11 is 0. The van der Waals surface area contributed by atoms with Crippen molar-refractivity contribution in [3.8, 4) is 39.3 Å². The Morgan fingerprint density at radius 3 is 1.62 bits per heavy atom. The molecule has 0 saturated carbocycles. The molecule has 1 heterocycles. The largest absolute Gasteiger partial charge is 0.292 e. The highest BCUT2D eigenvalue weighted by atomic mass is 15.1. The fourth-order valence-electron chi connectivity index (χ4n) is 6.69. The molecule has 0 unspecified atom stereocenters. The summed E-state index contributed by atoms with van der Waals surface area (Å²) < 4.78 is 2.26. The molecule has 0 N–H and O–H groups in total. The topological polar surface area (TPSA) is 17.8 Å². The molecule has 212 valence electrons. The predicted molar refractivity (Wildman–Crippen MR) is 193 cm³/mol. The van der Waals surface area contributed by atoms with E-state index in [0.29, 0.717) is 0 Å². The predicted octanol–water partition coefficient (Wildman–Crippen LogP) is 11.6. The van der Waals surface area contributed by atoms with E-state index in [4.69, 9.17) is 4.98 Å². The number of aromatic nitrogens is 2. The lowest BCUT2D eigenvalue weighted by atomic mass is 9.85. The highest BCUT2D eigenvalue weighted by Gasteiger charge is 2.18. The molecule has 0 spiro atoms. The molecule has 45 heavy (non-hydrogen) atoms. The quantitative estimate of drug-likeness (QED) is 0.181. The highest BCUT2D eigenvalue weighted by molar-refractivity contribution is 6.21. The summed E-state index contributed by atoms with van der Waals surface area (Å²) in [5.74, 6) is 0.936. The molecule has 8 aromatic rings.